The molecule has 8 nitrogen and oxygen atoms in total. The number of nitrogens with one attached hydrogen (secondary N) is 2. The number of nitrogens with zero attached hydrogens (tertiary/aromatic N) is 3. The summed E-state index contributed by atoms with van der Waals surface area (Å²) in [6.07, 6.45) is 3.31. The highest BCUT2D eigenvalue weighted by molar-refractivity contribution is 7.14. The van der Waals surface area contributed by atoms with Crippen LogP contribution in [0.1, 0.15) is 16.2 Å². The molecule has 0 aliphatic carbocycles. The molecule has 2 amide bonds. The SMILES string of the molecule is O=C(Cc1csc(NC(=O)c2ccco2)n1)Nc1ccc(-n2cnc3ccccc32)cc1. The van der Waals surface area contributed by atoms with Gasteiger partial charge in [-0.25, -0.2) is 9.97 Å². The predicted molar refractivity (Wildman–Crippen MR) is 122 cm³/mol. The first-order valence-electron chi connectivity index (χ1n) is 9.77. The molecule has 32 heavy (non-hydrogen) atoms. The van der Waals surface area contributed by atoms with E-state index in [2.05, 4.69) is 20.6 Å². The molecule has 0 fully saturated rings. The Balaban J connectivity index is 1.20. The molecule has 3 heterocycles. The maximum Gasteiger partial charge on any atom is 0.293 e. The first-order chi connectivity index (χ1) is 15.7. The van der Waals surface area contributed by atoms with Crippen LogP contribution in [0.3, 0.4) is 0 Å². The minimum absolute atomic E-state index is 0.0982. The van der Waals surface area contributed by atoms with Crippen molar-refractivity contribution in [2.45, 2.75) is 6.42 Å². The van der Waals surface area contributed by atoms with Crippen LogP contribution in [0.25, 0.3) is 16.7 Å². The third-order valence-electron chi connectivity index (χ3n) is 4.74. The van der Waals surface area contributed by atoms with Crippen molar-refractivity contribution < 1.29 is 14.0 Å². The zero-order chi connectivity index (χ0) is 21.9. The van der Waals surface area contributed by atoms with Gasteiger partial charge in [0.15, 0.2) is 10.9 Å². The van der Waals surface area contributed by atoms with Crippen molar-refractivity contribution in [1.82, 2.24) is 14.5 Å². The van der Waals surface area contributed by atoms with Crippen molar-refractivity contribution in [3.05, 3.63) is 90.1 Å². The Hall–Kier alpha value is -4.24. The maximum atomic E-state index is 12.4. The van der Waals surface area contributed by atoms with E-state index in [1.54, 1.807) is 23.8 Å². The number of hydrogen-bond acceptors (Lipinski definition) is 6. The third-order valence-corrected chi connectivity index (χ3v) is 5.55. The van der Waals surface area contributed by atoms with Crippen molar-refractivity contribution in [3.8, 4) is 5.69 Å². The van der Waals surface area contributed by atoms with Gasteiger partial charge in [-0.15, -0.1) is 11.3 Å². The lowest BCUT2D eigenvalue weighted by Crippen LogP contribution is -2.15. The highest BCUT2D eigenvalue weighted by atomic mass is 32.1. The number of rotatable bonds is 6. The number of amides is 2. The summed E-state index contributed by atoms with van der Waals surface area (Å²) in [6.45, 7) is 0. The summed E-state index contributed by atoms with van der Waals surface area (Å²) < 4.78 is 7.05. The van der Waals surface area contributed by atoms with Gasteiger partial charge in [0.05, 0.1) is 29.4 Å². The number of carbonyl (C=O) groups excluding carboxylic acids is 2. The summed E-state index contributed by atoms with van der Waals surface area (Å²) in [5.41, 5.74) is 4.15. The Bertz CT molecular complexity index is 1390. The maximum absolute atomic E-state index is 12.4. The molecule has 158 valence electrons. The summed E-state index contributed by atoms with van der Waals surface area (Å²) in [6, 6.07) is 18.6. The molecule has 0 saturated heterocycles. The van der Waals surface area contributed by atoms with Crippen molar-refractivity contribution in [2.24, 2.45) is 0 Å². The van der Waals surface area contributed by atoms with Crippen LogP contribution in [0.5, 0.6) is 0 Å². The Morgan fingerprint density at radius 1 is 1.00 bits per heavy atom. The second kappa shape index (κ2) is 8.48. The molecule has 0 atom stereocenters. The van der Waals surface area contributed by atoms with Crippen molar-refractivity contribution in [2.75, 3.05) is 10.6 Å². The molecule has 0 bridgehead atoms. The van der Waals surface area contributed by atoms with E-state index in [0.29, 0.717) is 16.5 Å². The van der Waals surface area contributed by atoms with E-state index >= 15 is 0 Å². The fraction of sp³-hybridized carbons (Fsp3) is 0.0435. The van der Waals surface area contributed by atoms with Crippen LogP contribution in [0.15, 0.2) is 83.1 Å². The van der Waals surface area contributed by atoms with E-state index in [4.69, 9.17) is 4.42 Å². The zero-order valence-electron chi connectivity index (χ0n) is 16.7. The van der Waals surface area contributed by atoms with E-state index in [-0.39, 0.29) is 24.0 Å². The molecular formula is C23H17N5O3S. The molecule has 9 heteroatoms. The second-order valence-electron chi connectivity index (χ2n) is 6.95. The highest BCUT2D eigenvalue weighted by Crippen LogP contribution is 2.20. The number of furan rings is 1. The minimum Gasteiger partial charge on any atom is -0.459 e. The van der Waals surface area contributed by atoms with E-state index < -0.39 is 0 Å². The van der Waals surface area contributed by atoms with Crippen molar-refractivity contribution >= 4 is 45.0 Å². The fourth-order valence-electron chi connectivity index (χ4n) is 3.25. The molecule has 0 aliphatic rings. The van der Waals surface area contributed by atoms with Gasteiger partial charge in [-0.2, -0.15) is 0 Å². The van der Waals surface area contributed by atoms with Gasteiger partial charge in [0.1, 0.15) is 6.33 Å². The minimum atomic E-state index is -0.383. The van der Waals surface area contributed by atoms with Crippen LogP contribution in [0.2, 0.25) is 0 Å². The summed E-state index contributed by atoms with van der Waals surface area (Å²) >= 11 is 1.25. The summed E-state index contributed by atoms with van der Waals surface area (Å²) in [7, 11) is 0. The van der Waals surface area contributed by atoms with Crippen LogP contribution in [0, 0.1) is 0 Å². The van der Waals surface area contributed by atoms with E-state index in [1.165, 1.54) is 17.6 Å². The van der Waals surface area contributed by atoms with Gasteiger partial charge in [0.2, 0.25) is 5.91 Å². The lowest BCUT2D eigenvalue weighted by molar-refractivity contribution is -0.115. The first-order valence-corrected chi connectivity index (χ1v) is 10.7. The molecule has 2 N–H and O–H groups in total. The van der Waals surface area contributed by atoms with Crippen LogP contribution >= 0.6 is 11.3 Å². The number of anilines is 2. The Kier molecular flexibility index (Phi) is 5.22. The first kappa shape index (κ1) is 19.7. The van der Waals surface area contributed by atoms with Crippen molar-refractivity contribution in [1.29, 1.82) is 0 Å². The standard InChI is InChI=1S/C23H17N5O3S/c29-21(12-16-13-32-23(26-16)27-22(30)20-6-3-11-31-20)25-15-7-9-17(10-8-15)28-14-24-18-4-1-2-5-19(18)28/h1-11,13-14H,12H2,(H,25,29)(H,26,27,30). The molecule has 2 aromatic carbocycles. The lowest BCUT2D eigenvalue weighted by atomic mass is 10.2. The molecule has 0 saturated carbocycles. The average Bonchev–Trinajstić information content (AvgIpc) is 3.55. The molecule has 0 spiro atoms. The fourth-order valence-corrected chi connectivity index (χ4v) is 3.96. The van der Waals surface area contributed by atoms with E-state index in [0.717, 1.165) is 16.7 Å². The Labute approximate surface area is 186 Å². The number of imidazole rings is 1. The molecule has 3 aromatic heterocycles. The quantitative estimate of drug-likeness (QED) is 0.402. The largest absolute Gasteiger partial charge is 0.459 e. The summed E-state index contributed by atoms with van der Waals surface area (Å²) in [4.78, 5) is 33.1. The number of thiazole rings is 1. The number of benzene rings is 2. The number of fused-ring (bicyclic) bond motifs is 1. The van der Waals surface area contributed by atoms with Gasteiger partial charge in [0.25, 0.3) is 5.91 Å². The lowest BCUT2D eigenvalue weighted by Gasteiger charge is -2.07. The van der Waals surface area contributed by atoms with Crippen LogP contribution in [-0.4, -0.2) is 26.3 Å². The van der Waals surface area contributed by atoms with Gasteiger partial charge in [-0.1, -0.05) is 12.1 Å². The van der Waals surface area contributed by atoms with Gasteiger partial charge < -0.3 is 9.73 Å². The predicted octanol–water partition coefficient (Wildman–Crippen LogP) is 4.51. The number of hydrogen-bond donors (Lipinski definition) is 2. The molecule has 5 rings (SSSR count). The van der Waals surface area contributed by atoms with Crippen LogP contribution in [0.4, 0.5) is 10.8 Å². The monoisotopic (exact) mass is 443 g/mol. The normalized spacial score (nSPS) is 10.9. The average molecular weight is 443 g/mol. The summed E-state index contributed by atoms with van der Waals surface area (Å²) in [5, 5.41) is 7.68. The molecule has 0 unspecified atom stereocenters. The van der Waals surface area contributed by atoms with Gasteiger partial charge in [-0.3, -0.25) is 19.5 Å². The molecular weight excluding hydrogens is 426 g/mol. The smallest absolute Gasteiger partial charge is 0.293 e. The number of carbonyl (C=O) groups is 2. The summed E-state index contributed by atoms with van der Waals surface area (Å²) in [5.74, 6) is -0.377. The Morgan fingerprint density at radius 3 is 2.66 bits per heavy atom. The van der Waals surface area contributed by atoms with Crippen LogP contribution in [-0.2, 0) is 11.2 Å². The number of aromatic nitrogens is 3. The van der Waals surface area contributed by atoms with Crippen molar-refractivity contribution in [3.63, 3.8) is 0 Å². The molecule has 5 aromatic rings. The van der Waals surface area contributed by atoms with Crippen LogP contribution < -0.4 is 10.6 Å². The second-order valence-corrected chi connectivity index (χ2v) is 7.81. The highest BCUT2D eigenvalue weighted by Gasteiger charge is 2.13. The zero-order valence-corrected chi connectivity index (χ0v) is 17.5. The Morgan fingerprint density at radius 2 is 1.84 bits per heavy atom. The van der Waals surface area contributed by atoms with E-state index in [1.807, 2.05) is 53.1 Å². The van der Waals surface area contributed by atoms with Gasteiger partial charge >= 0.3 is 0 Å². The van der Waals surface area contributed by atoms with E-state index in [9.17, 15) is 9.59 Å². The molecule has 0 radical (unpaired) electrons. The van der Waals surface area contributed by atoms with Gasteiger partial charge in [-0.05, 0) is 48.5 Å². The molecule has 0 aliphatic heterocycles. The third kappa shape index (κ3) is 4.14. The number of para-hydroxylation sites is 2. The topological polar surface area (TPSA) is 102 Å². The van der Waals surface area contributed by atoms with Gasteiger partial charge in [0, 0.05) is 16.8 Å².